The summed E-state index contributed by atoms with van der Waals surface area (Å²) < 4.78 is 11.3. The van der Waals surface area contributed by atoms with Crippen molar-refractivity contribution in [1.29, 1.82) is 0 Å². The van der Waals surface area contributed by atoms with E-state index < -0.39 is 12.2 Å². The normalized spacial score (nSPS) is 33.7. The molecule has 1 aliphatic rings. The van der Waals surface area contributed by atoms with Crippen molar-refractivity contribution in [3.05, 3.63) is 10.4 Å². The predicted octanol–water partition coefficient (Wildman–Crippen LogP) is 1.83. The summed E-state index contributed by atoms with van der Waals surface area (Å²) in [4.78, 5) is 2.70. The molecule has 0 aromatic carbocycles. The minimum atomic E-state index is -0.654. The van der Waals surface area contributed by atoms with Gasteiger partial charge in [-0.1, -0.05) is 25.4 Å². The molecule has 1 rings (SSSR count). The Balaban J connectivity index is 2.26. The van der Waals surface area contributed by atoms with E-state index in [0.29, 0.717) is 13.2 Å². The van der Waals surface area contributed by atoms with Gasteiger partial charge in [-0.3, -0.25) is 0 Å². The Morgan fingerprint density at radius 1 is 1.25 bits per heavy atom. The van der Waals surface area contributed by atoms with Crippen molar-refractivity contribution in [2.45, 2.75) is 51.6 Å². The number of hydrogen-bond acceptors (Lipinski definition) is 5. The minimum absolute atomic E-state index is 0.0239. The van der Waals surface area contributed by atoms with Crippen molar-refractivity contribution in [3.8, 4) is 0 Å². The summed E-state index contributed by atoms with van der Waals surface area (Å²) in [5.41, 5.74) is 8.14. The van der Waals surface area contributed by atoms with Gasteiger partial charge in [0.25, 0.3) is 0 Å². The number of aliphatic hydroxyl groups excluding tert-OH is 2. The first-order valence-corrected chi connectivity index (χ1v) is 7.18. The van der Waals surface area contributed by atoms with Crippen LogP contribution in [-0.2, 0) is 9.47 Å². The van der Waals surface area contributed by atoms with E-state index in [9.17, 15) is 10.2 Å². The Labute approximate surface area is 119 Å². The van der Waals surface area contributed by atoms with Crippen LogP contribution < -0.4 is 0 Å². The lowest BCUT2D eigenvalue weighted by molar-refractivity contribution is -0.268. The molecule has 1 saturated heterocycles. The number of ether oxygens (including phenoxy) is 2. The van der Waals surface area contributed by atoms with Crippen molar-refractivity contribution < 1.29 is 19.7 Å². The van der Waals surface area contributed by atoms with Crippen LogP contribution in [0.15, 0.2) is 5.11 Å². The Bertz CT molecular complexity index is 321. The van der Waals surface area contributed by atoms with Crippen molar-refractivity contribution in [2.75, 3.05) is 19.8 Å². The highest BCUT2D eigenvalue weighted by molar-refractivity contribution is 4.84. The molecule has 0 spiro atoms. The minimum Gasteiger partial charge on any atom is -0.394 e. The molecular weight excluding hydrogens is 262 g/mol. The van der Waals surface area contributed by atoms with Gasteiger partial charge < -0.3 is 19.7 Å². The third-order valence-corrected chi connectivity index (χ3v) is 3.91. The number of rotatable bonds is 8. The molecule has 20 heavy (non-hydrogen) atoms. The van der Waals surface area contributed by atoms with Crippen LogP contribution >= 0.6 is 0 Å². The van der Waals surface area contributed by atoms with Gasteiger partial charge in [0, 0.05) is 24.0 Å². The van der Waals surface area contributed by atoms with E-state index in [-0.39, 0.29) is 24.7 Å². The summed E-state index contributed by atoms with van der Waals surface area (Å²) in [5.74, 6) is 0.104. The molecular formula is C13H25N3O4. The largest absolute Gasteiger partial charge is 0.394 e. The van der Waals surface area contributed by atoms with Crippen LogP contribution in [0, 0.1) is 11.8 Å². The lowest BCUT2D eigenvalue weighted by Gasteiger charge is -2.41. The molecule has 1 aliphatic heterocycles. The number of hydrogen-bond donors (Lipinski definition) is 2. The maximum Gasteiger partial charge on any atom is 0.161 e. The quantitative estimate of drug-likeness (QED) is 0.307. The SMILES string of the molecule is CC1[C@@H](OCCCCCN=[N+]=[N-])OC(CO)[C@H](O)[C@@H]1C. The average Bonchev–Trinajstić information content (AvgIpc) is 2.46. The van der Waals surface area contributed by atoms with Gasteiger partial charge in [0.2, 0.25) is 0 Å². The smallest absolute Gasteiger partial charge is 0.161 e. The second kappa shape index (κ2) is 9.15. The highest BCUT2D eigenvalue weighted by Crippen LogP contribution is 2.31. The third-order valence-electron chi connectivity index (χ3n) is 3.91. The topological polar surface area (TPSA) is 108 Å². The summed E-state index contributed by atoms with van der Waals surface area (Å²) in [5, 5.41) is 22.6. The van der Waals surface area contributed by atoms with Crippen LogP contribution in [0.2, 0.25) is 0 Å². The van der Waals surface area contributed by atoms with E-state index in [1.807, 2.05) is 13.8 Å². The van der Waals surface area contributed by atoms with Crippen LogP contribution in [0.4, 0.5) is 0 Å². The first-order valence-electron chi connectivity index (χ1n) is 7.18. The molecule has 116 valence electrons. The number of nitrogens with zero attached hydrogens (tertiary/aromatic N) is 3. The maximum atomic E-state index is 9.94. The molecule has 7 nitrogen and oxygen atoms in total. The lowest BCUT2D eigenvalue weighted by atomic mass is 9.85. The fourth-order valence-electron chi connectivity index (χ4n) is 2.32. The van der Waals surface area contributed by atoms with Gasteiger partial charge in [0.05, 0.1) is 12.7 Å². The van der Waals surface area contributed by atoms with E-state index in [1.165, 1.54) is 0 Å². The number of azide groups is 1. The van der Waals surface area contributed by atoms with Crippen LogP contribution in [0.3, 0.4) is 0 Å². The van der Waals surface area contributed by atoms with Gasteiger partial charge >= 0.3 is 0 Å². The van der Waals surface area contributed by atoms with Crippen molar-refractivity contribution in [2.24, 2.45) is 17.0 Å². The van der Waals surface area contributed by atoms with E-state index in [1.54, 1.807) is 0 Å². The van der Waals surface area contributed by atoms with Gasteiger partial charge in [0.15, 0.2) is 6.29 Å². The highest BCUT2D eigenvalue weighted by atomic mass is 16.7. The summed E-state index contributed by atoms with van der Waals surface area (Å²) in [6, 6.07) is 0. The standard InChI is InChI=1S/C13H25N3O4/c1-9-10(2)13(20-11(8-17)12(9)18)19-7-5-3-4-6-15-16-14/h9-13,17-18H,3-8H2,1-2H3/t9-,10?,11?,12-,13+/m1/s1. The van der Waals surface area contributed by atoms with Gasteiger partial charge in [-0.25, -0.2) is 0 Å². The second-order valence-electron chi connectivity index (χ2n) is 5.32. The monoisotopic (exact) mass is 287 g/mol. The summed E-state index contributed by atoms with van der Waals surface area (Å²) in [7, 11) is 0. The maximum absolute atomic E-state index is 9.94. The molecule has 1 fully saturated rings. The summed E-state index contributed by atoms with van der Waals surface area (Å²) in [6.07, 6.45) is 1.04. The summed E-state index contributed by atoms with van der Waals surface area (Å²) >= 11 is 0. The van der Waals surface area contributed by atoms with Gasteiger partial charge in [0.1, 0.15) is 6.10 Å². The van der Waals surface area contributed by atoms with E-state index in [0.717, 1.165) is 19.3 Å². The van der Waals surface area contributed by atoms with Crippen molar-refractivity contribution >= 4 is 0 Å². The zero-order valence-electron chi connectivity index (χ0n) is 12.2. The third kappa shape index (κ3) is 4.92. The molecule has 7 heteroatoms. The van der Waals surface area contributed by atoms with Crippen LogP contribution in [-0.4, -0.2) is 48.5 Å². The summed E-state index contributed by atoms with van der Waals surface area (Å²) in [6.45, 7) is 4.80. The fourth-order valence-corrected chi connectivity index (χ4v) is 2.32. The Kier molecular flexibility index (Phi) is 7.87. The zero-order chi connectivity index (χ0) is 15.0. The first-order chi connectivity index (χ1) is 9.61. The number of unbranched alkanes of at least 4 members (excludes halogenated alkanes) is 2. The van der Waals surface area contributed by atoms with Gasteiger partial charge in [-0.05, 0) is 24.3 Å². The Morgan fingerprint density at radius 3 is 2.65 bits per heavy atom. The molecule has 0 aromatic heterocycles. The number of aliphatic hydroxyl groups is 2. The van der Waals surface area contributed by atoms with E-state index >= 15 is 0 Å². The fraction of sp³-hybridized carbons (Fsp3) is 1.00. The zero-order valence-corrected chi connectivity index (χ0v) is 12.2. The van der Waals surface area contributed by atoms with Gasteiger partial charge in [-0.15, -0.1) is 0 Å². The molecule has 2 unspecified atom stereocenters. The molecule has 0 aromatic rings. The molecule has 0 amide bonds. The van der Waals surface area contributed by atoms with Crippen molar-refractivity contribution in [3.63, 3.8) is 0 Å². The highest BCUT2D eigenvalue weighted by Gasteiger charge is 2.40. The lowest BCUT2D eigenvalue weighted by Crippen LogP contribution is -2.51. The predicted molar refractivity (Wildman–Crippen MR) is 73.9 cm³/mol. The molecule has 0 aliphatic carbocycles. The second-order valence-corrected chi connectivity index (χ2v) is 5.32. The molecule has 5 atom stereocenters. The molecule has 1 heterocycles. The van der Waals surface area contributed by atoms with Crippen LogP contribution in [0.1, 0.15) is 33.1 Å². The molecule has 0 saturated carbocycles. The van der Waals surface area contributed by atoms with E-state index in [2.05, 4.69) is 10.0 Å². The van der Waals surface area contributed by atoms with E-state index in [4.69, 9.17) is 15.0 Å². The Hall–Kier alpha value is -0.850. The molecule has 0 radical (unpaired) electrons. The molecule has 0 bridgehead atoms. The Morgan fingerprint density at radius 2 is 2.00 bits per heavy atom. The molecule has 2 N–H and O–H groups in total. The van der Waals surface area contributed by atoms with Gasteiger partial charge in [-0.2, -0.15) is 0 Å². The van der Waals surface area contributed by atoms with Crippen molar-refractivity contribution in [1.82, 2.24) is 0 Å². The average molecular weight is 287 g/mol. The van der Waals surface area contributed by atoms with Crippen LogP contribution in [0.25, 0.3) is 10.4 Å². The first kappa shape index (κ1) is 17.2. The van der Waals surface area contributed by atoms with Crippen LogP contribution in [0.5, 0.6) is 0 Å².